The summed E-state index contributed by atoms with van der Waals surface area (Å²) in [5.41, 5.74) is 2.12. The number of nitrogens with one attached hydrogen (secondary N) is 1. The number of fused-ring (bicyclic) bond motifs is 1. The third-order valence-corrected chi connectivity index (χ3v) is 5.02. The van der Waals surface area contributed by atoms with Crippen molar-refractivity contribution in [2.45, 2.75) is 51.2 Å². The lowest BCUT2D eigenvalue weighted by Crippen LogP contribution is -2.44. The van der Waals surface area contributed by atoms with Crippen molar-refractivity contribution in [2.75, 3.05) is 32.1 Å². The zero-order valence-electron chi connectivity index (χ0n) is 14.7. The first-order chi connectivity index (χ1) is 11.7. The summed E-state index contributed by atoms with van der Waals surface area (Å²) < 4.78 is 11.3. The van der Waals surface area contributed by atoms with Crippen LogP contribution >= 0.6 is 0 Å². The second-order valence-electron chi connectivity index (χ2n) is 6.73. The fourth-order valence-electron chi connectivity index (χ4n) is 3.81. The number of hydrogen-bond acceptors (Lipinski definition) is 4. The quantitative estimate of drug-likeness (QED) is 0.901. The number of carbonyl (C=O) groups excluding carboxylic acids is 1. The van der Waals surface area contributed by atoms with Crippen LogP contribution in [0.2, 0.25) is 0 Å². The van der Waals surface area contributed by atoms with E-state index in [1.165, 1.54) is 5.56 Å². The van der Waals surface area contributed by atoms with Gasteiger partial charge in [0.15, 0.2) is 0 Å². The summed E-state index contributed by atoms with van der Waals surface area (Å²) in [5, 5.41) is 3.35. The molecule has 2 aliphatic rings. The summed E-state index contributed by atoms with van der Waals surface area (Å²) in [6, 6.07) is 6.31. The van der Waals surface area contributed by atoms with Crippen LogP contribution in [0.15, 0.2) is 18.2 Å². The molecule has 5 heteroatoms. The van der Waals surface area contributed by atoms with Crippen LogP contribution in [0.1, 0.15) is 37.7 Å². The van der Waals surface area contributed by atoms with Crippen LogP contribution in [0.3, 0.4) is 0 Å². The molecule has 132 valence electrons. The molecule has 1 heterocycles. The molecule has 1 aliphatic heterocycles. The van der Waals surface area contributed by atoms with E-state index in [4.69, 9.17) is 9.47 Å². The van der Waals surface area contributed by atoms with Gasteiger partial charge < -0.3 is 19.7 Å². The summed E-state index contributed by atoms with van der Waals surface area (Å²) in [5.74, 6) is 1.04. The highest BCUT2D eigenvalue weighted by atomic mass is 16.5. The van der Waals surface area contributed by atoms with Crippen LogP contribution in [-0.2, 0) is 9.53 Å². The van der Waals surface area contributed by atoms with E-state index in [0.717, 1.165) is 50.3 Å². The Labute approximate surface area is 144 Å². The molecular formula is C19H28N2O3. The third-order valence-electron chi connectivity index (χ3n) is 5.02. The van der Waals surface area contributed by atoms with Gasteiger partial charge in [0.2, 0.25) is 5.91 Å². The van der Waals surface area contributed by atoms with Crippen LogP contribution in [-0.4, -0.2) is 49.8 Å². The monoisotopic (exact) mass is 332 g/mol. The zero-order chi connectivity index (χ0) is 16.9. The van der Waals surface area contributed by atoms with Crippen molar-refractivity contribution in [2.24, 2.45) is 0 Å². The first kappa shape index (κ1) is 17.1. The fourth-order valence-corrected chi connectivity index (χ4v) is 3.81. The lowest BCUT2D eigenvalue weighted by Gasteiger charge is -2.30. The van der Waals surface area contributed by atoms with Crippen LogP contribution < -0.4 is 10.1 Å². The molecule has 1 N–H and O–H groups in total. The van der Waals surface area contributed by atoms with Crippen molar-refractivity contribution in [3.8, 4) is 5.75 Å². The maximum absolute atomic E-state index is 12.7. The fraction of sp³-hybridized carbons (Fsp3) is 0.632. The van der Waals surface area contributed by atoms with Crippen molar-refractivity contribution < 1.29 is 14.3 Å². The lowest BCUT2D eigenvalue weighted by molar-refractivity contribution is -0.134. The number of amides is 1. The molecule has 5 nitrogen and oxygen atoms in total. The van der Waals surface area contributed by atoms with Gasteiger partial charge in [-0.05, 0) is 50.3 Å². The van der Waals surface area contributed by atoms with Crippen molar-refractivity contribution >= 4 is 11.6 Å². The van der Waals surface area contributed by atoms with E-state index < -0.39 is 0 Å². The number of nitrogens with zero attached hydrogens (tertiary/aromatic N) is 1. The Hall–Kier alpha value is -1.75. The molecule has 1 saturated heterocycles. The van der Waals surface area contributed by atoms with Crippen molar-refractivity contribution in [1.29, 1.82) is 0 Å². The number of carbonyl (C=O) groups is 1. The van der Waals surface area contributed by atoms with E-state index in [2.05, 4.69) is 16.3 Å². The molecule has 3 rings (SSSR count). The molecule has 1 aliphatic carbocycles. The molecule has 2 atom stereocenters. The maximum atomic E-state index is 12.7. The third kappa shape index (κ3) is 3.83. The van der Waals surface area contributed by atoms with E-state index >= 15 is 0 Å². The van der Waals surface area contributed by atoms with E-state index in [9.17, 15) is 4.79 Å². The van der Waals surface area contributed by atoms with Gasteiger partial charge in [0, 0.05) is 26.1 Å². The molecule has 1 amide bonds. The summed E-state index contributed by atoms with van der Waals surface area (Å²) in [6.45, 7) is 4.28. The molecule has 1 aromatic carbocycles. The molecule has 1 aromatic rings. The number of hydrogen-bond donors (Lipinski definition) is 1. The average Bonchev–Trinajstić information content (AvgIpc) is 2.94. The molecular weight excluding hydrogens is 304 g/mol. The molecule has 2 fully saturated rings. The van der Waals surface area contributed by atoms with Gasteiger partial charge in [-0.3, -0.25) is 4.79 Å². The molecule has 0 aromatic heterocycles. The Morgan fingerprint density at radius 1 is 1.38 bits per heavy atom. The largest absolute Gasteiger partial charge is 0.495 e. The van der Waals surface area contributed by atoms with Crippen LogP contribution in [0.5, 0.6) is 5.75 Å². The number of rotatable bonds is 5. The second-order valence-corrected chi connectivity index (χ2v) is 6.73. The highest BCUT2D eigenvalue weighted by Gasteiger charge is 2.36. The molecule has 0 spiro atoms. The molecule has 0 bridgehead atoms. The van der Waals surface area contributed by atoms with Crippen molar-refractivity contribution in [1.82, 2.24) is 4.90 Å². The van der Waals surface area contributed by atoms with Gasteiger partial charge in [0.25, 0.3) is 0 Å². The second kappa shape index (κ2) is 7.88. The average molecular weight is 332 g/mol. The SMILES string of the molecule is COc1ccc(C)cc1NCCC(=O)N1CCCO[C@@H]2CCC[C@@H]21. The van der Waals surface area contributed by atoms with Gasteiger partial charge in [-0.15, -0.1) is 0 Å². The summed E-state index contributed by atoms with van der Waals surface area (Å²) >= 11 is 0. The van der Waals surface area contributed by atoms with Crippen molar-refractivity contribution in [3.05, 3.63) is 23.8 Å². The molecule has 1 saturated carbocycles. The van der Waals surface area contributed by atoms with Crippen molar-refractivity contribution in [3.63, 3.8) is 0 Å². The predicted octanol–water partition coefficient (Wildman–Crippen LogP) is 2.98. The minimum atomic E-state index is 0.233. The highest BCUT2D eigenvalue weighted by Crippen LogP contribution is 2.30. The van der Waals surface area contributed by atoms with Crippen LogP contribution in [0, 0.1) is 6.92 Å². The topological polar surface area (TPSA) is 50.8 Å². The normalized spacial score (nSPS) is 23.5. The summed E-state index contributed by atoms with van der Waals surface area (Å²) in [4.78, 5) is 14.8. The smallest absolute Gasteiger partial charge is 0.224 e. The maximum Gasteiger partial charge on any atom is 0.224 e. The summed E-state index contributed by atoms with van der Waals surface area (Å²) in [7, 11) is 1.67. The first-order valence-electron chi connectivity index (χ1n) is 8.98. The van der Waals surface area contributed by atoms with E-state index in [1.807, 2.05) is 19.1 Å². The Morgan fingerprint density at radius 3 is 3.08 bits per heavy atom. The highest BCUT2D eigenvalue weighted by molar-refractivity contribution is 5.77. The Kier molecular flexibility index (Phi) is 5.61. The number of aryl methyl sites for hydroxylation is 1. The predicted molar refractivity (Wildman–Crippen MR) is 94.5 cm³/mol. The number of anilines is 1. The van der Waals surface area contributed by atoms with Gasteiger partial charge in [-0.1, -0.05) is 6.07 Å². The van der Waals surface area contributed by atoms with Crippen LogP contribution in [0.25, 0.3) is 0 Å². The summed E-state index contributed by atoms with van der Waals surface area (Å²) in [6.07, 6.45) is 5.03. The minimum absolute atomic E-state index is 0.233. The minimum Gasteiger partial charge on any atom is -0.495 e. The lowest BCUT2D eigenvalue weighted by atomic mass is 10.1. The number of benzene rings is 1. The Balaban J connectivity index is 1.56. The van der Waals surface area contributed by atoms with Gasteiger partial charge >= 0.3 is 0 Å². The van der Waals surface area contributed by atoms with Gasteiger partial charge in [0.05, 0.1) is 24.9 Å². The van der Waals surface area contributed by atoms with E-state index in [1.54, 1.807) is 7.11 Å². The Bertz CT molecular complexity index is 576. The van der Waals surface area contributed by atoms with Gasteiger partial charge in [0.1, 0.15) is 5.75 Å². The van der Waals surface area contributed by atoms with E-state index in [0.29, 0.717) is 13.0 Å². The van der Waals surface area contributed by atoms with Gasteiger partial charge in [-0.2, -0.15) is 0 Å². The van der Waals surface area contributed by atoms with Crippen LogP contribution in [0.4, 0.5) is 5.69 Å². The van der Waals surface area contributed by atoms with Gasteiger partial charge in [-0.25, -0.2) is 0 Å². The number of methoxy groups -OCH3 is 1. The first-order valence-corrected chi connectivity index (χ1v) is 8.98. The standard InChI is InChI=1S/C19H28N2O3/c1-14-7-8-17(23-2)15(13-14)20-10-9-19(22)21-11-4-12-24-18-6-3-5-16(18)21/h7-8,13,16,18,20H,3-6,9-12H2,1-2H3/t16-,18+/m0/s1. The zero-order valence-corrected chi connectivity index (χ0v) is 14.7. The Morgan fingerprint density at radius 2 is 2.25 bits per heavy atom. The molecule has 24 heavy (non-hydrogen) atoms. The number of ether oxygens (including phenoxy) is 2. The van der Waals surface area contributed by atoms with E-state index in [-0.39, 0.29) is 18.1 Å². The molecule has 0 radical (unpaired) electrons. The molecule has 0 unspecified atom stereocenters.